The van der Waals surface area contributed by atoms with Gasteiger partial charge >= 0.3 is 0 Å². The predicted octanol–water partition coefficient (Wildman–Crippen LogP) is 3.32. The van der Waals surface area contributed by atoms with Crippen LogP contribution in [-0.4, -0.2) is 18.5 Å². The van der Waals surface area contributed by atoms with Gasteiger partial charge in [0.15, 0.2) is 5.78 Å². The van der Waals surface area contributed by atoms with Crippen LogP contribution in [-0.2, 0) is 17.6 Å². The number of carbonyl (C=O) groups excluding carboxylic acids is 1. The minimum atomic E-state index is 0.161. The Hall–Kier alpha value is -1.15. The van der Waals surface area contributed by atoms with Crippen LogP contribution in [0.5, 0.6) is 0 Å². The molecule has 0 amide bonds. The van der Waals surface area contributed by atoms with Crippen molar-refractivity contribution in [2.45, 2.75) is 51.0 Å². The third kappa shape index (κ3) is 2.49. The van der Waals surface area contributed by atoms with Gasteiger partial charge in [0, 0.05) is 18.6 Å². The van der Waals surface area contributed by atoms with E-state index in [-0.39, 0.29) is 11.9 Å². The number of ketones is 1. The van der Waals surface area contributed by atoms with Gasteiger partial charge in [0.2, 0.25) is 0 Å². The van der Waals surface area contributed by atoms with Crippen molar-refractivity contribution in [2.75, 3.05) is 6.61 Å². The molecule has 0 spiro atoms. The molecule has 1 fully saturated rings. The highest BCUT2D eigenvalue weighted by Crippen LogP contribution is 2.24. The number of fused-ring (bicyclic) bond motifs is 1. The van der Waals surface area contributed by atoms with Gasteiger partial charge in [-0.3, -0.25) is 4.79 Å². The van der Waals surface area contributed by atoms with E-state index >= 15 is 0 Å². The molecule has 1 saturated heterocycles. The second kappa shape index (κ2) is 5.23. The zero-order valence-corrected chi connectivity index (χ0v) is 10.8. The lowest BCUT2D eigenvalue weighted by atomic mass is 9.89. The SMILES string of the molecule is O=C(CC1CCCO1)c1ccc2c(c1)CCCC2. The first-order valence-electron chi connectivity index (χ1n) is 7.09. The lowest BCUT2D eigenvalue weighted by molar-refractivity contribution is 0.0775. The molecule has 2 heteroatoms. The standard InChI is InChI=1S/C16H20O2/c17-16(11-15-6-3-9-18-15)14-8-7-12-4-1-2-5-13(12)10-14/h7-8,10,15H,1-6,9,11H2. The Morgan fingerprint density at radius 2 is 2.00 bits per heavy atom. The highest BCUT2D eigenvalue weighted by atomic mass is 16.5. The van der Waals surface area contributed by atoms with Crippen molar-refractivity contribution in [2.24, 2.45) is 0 Å². The van der Waals surface area contributed by atoms with Crippen LogP contribution >= 0.6 is 0 Å². The molecule has 1 aromatic carbocycles. The summed E-state index contributed by atoms with van der Waals surface area (Å²) in [7, 11) is 0. The number of hydrogen-bond acceptors (Lipinski definition) is 2. The van der Waals surface area contributed by atoms with Crippen LogP contribution in [0.1, 0.15) is 53.6 Å². The van der Waals surface area contributed by atoms with Crippen molar-refractivity contribution in [3.63, 3.8) is 0 Å². The summed E-state index contributed by atoms with van der Waals surface area (Å²) >= 11 is 0. The molecule has 0 aromatic heterocycles. The molecule has 18 heavy (non-hydrogen) atoms. The fourth-order valence-electron chi connectivity index (χ4n) is 3.04. The minimum Gasteiger partial charge on any atom is -0.378 e. The molecule has 96 valence electrons. The number of hydrogen-bond donors (Lipinski definition) is 0. The average Bonchev–Trinajstić information content (AvgIpc) is 2.91. The second-order valence-corrected chi connectivity index (χ2v) is 5.45. The van der Waals surface area contributed by atoms with Gasteiger partial charge in [-0.15, -0.1) is 0 Å². The van der Waals surface area contributed by atoms with Gasteiger partial charge in [-0.2, -0.15) is 0 Å². The van der Waals surface area contributed by atoms with Gasteiger partial charge in [-0.05, 0) is 55.7 Å². The Kier molecular flexibility index (Phi) is 3.46. The van der Waals surface area contributed by atoms with Crippen LogP contribution in [0.15, 0.2) is 18.2 Å². The van der Waals surface area contributed by atoms with E-state index in [1.165, 1.54) is 30.4 Å². The Labute approximate surface area is 108 Å². The molecule has 0 bridgehead atoms. The van der Waals surface area contributed by atoms with E-state index in [1.54, 1.807) is 0 Å². The molecular weight excluding hydrogens is 224 g/mol. The molecule has 2 nitrogen and oxygen atoms in total. The van der Waals surface area contributed by atoms with Crippen LogP contribution in [0.25, 0.3) is 0 Å². The van der Waals surface area contributed by atoms with Crippen molar-refractivity contribution in [3.05, 3.63) is 34.9 Å². The largest absolute Gasteiger partial charge is 0.378 e. The fourth-order valence-corrected chi connectivity index (χ4v) is 3.04. The molecule has 3 rings (SSSR count). The molecule has 0 radical (unpaired) electrons. The lowest BCUT2D eigenvalue weighted by Gasteiger charge is -2.16. The number of aryl methyl sites for hydroxylation is 2. The first-order valence-corrected chi connectivity index (χ1v) is 7.09. The zero-order valence-electron chi connectivity index (χ0n) is 10.8. The summed E-state index contributed by atoms with van der Waals surface area (Å²) in [4.78, 5) is 12.2. The maximum atomic E-state index is 12.2. The van der Waals surface area contributed by atoms with Crippen molar-refractivity contribution >= 4 is 5.78 Å². The van der Waals surface area contributed by atoms with Crippen molar-refractivity contribution in [3.8, 4) is 0 Å². The Bertz CT molecular complexity index is 444. The van der Waals surface area contributed by atoms with Crippen LogP contribution in [0, 0.1) is 0 Å². The van der Waals surface area contributed by atoms with Gasteiger partial charge in [0.1, 0.15) is 0 Å². The molecule has 1 atom stereocenters. The number of carbonyl (C=O) groups is 1. The Morgan fingerprint density at radius 1 is 1.17 bits per heavy atom. The number of Topliss-reactive ketones (excluding diaryl/α,β-unsaturated/α-hetero) is 1. The fraction of sp³-hybridized carbons (Fsp3) is 0.562. The summed E-state index contributed by atoms with van der Waals surface area (Å²) in [6, 6.07) is 6.27. The predicted molar refractivity (Wildman–Crippen MR) is 71.0 cm³/mol. The first-order chi connectivity index (χ1) is 8.83. The average molecular weight is 244 g/mol. The summed E-state index contributed by atoms with van der Waals surface area (Å²) < 4.78 is 5.54. The van der Waals surface area contributed by atoms with Gasteiger partial charge in [-0.25, -0.2) is 0 Å². The van der Waals surface area contributed by atoms with E-state index in [0.717, 1.165) is 31.4 Å². The molecular formula is C16H20O2. The van der Waals surface area contributed by atoms with E-state index in [4.69, 9.17) is 4.74 Å². The number of benzene rings is 1. The molecule has 1 aliphatic carbocycles. The maximum Gasteiger partial charge on any atom is 0.165 e. The Balaban J connectivity index is 1.73. The van der Waals surface area contributed by atoms with Crippen molar-refractivity contribution < 1.29 is 9.53 Å². The summed E-state index contributed by atoms with van der Waals surface area (Å²) in [5.41, 5.74) is 3.71. The van der Waals surface area contributed by atoms with Gasteiger partial charge in [-0.1, -0.05) is 12.1 Å². The van der Waals surface area contributed by atoms with E-state index in [1.807, 2.05) is 6.07 Å². The van der Waals surface area contributed by atoms with Crippen LogP contribution in [0.2, 0.25) is 0 Å². The summed E-state index contributed by atoms with van der Waals surface area (Å²) in [6.07, 6.45) is 7.71. The van der Waals surface area contributed by atoms with Crippen LogP contribution < -0.4 is 0 Å². The minimum absolute atomic E-state index is 0.161. The first kappa shape index (κ1) is 11.9. The summed E-state index contributed by atoms with van der Waals surface area (Å²) in [5, 5.41) is 0. The summed E-state index contributed by atoms with van der Waals surface area (Å²) in [5.74, 6) is 0.246. The quantitative estimate of drug-likeness (QED) is 0.762. The number of rotatable bonds is 3. The highest BCUT2D eigenvalue weighted by Gasteiger charge is 2.20. The molecule has 0 saturated carbocycles. The van der Waals surface area contributed by atoms with Crippen molar-refractivity contribution in [1.29, 1.82) is 0 Å². The summed E-state index contributed by atoms with van der Waals surface area (Å²) in [6.45, 7) is 0.822. The molecule has 1 heterocycles. The monoisotopic (exact) mass is 244 g/mol. The molecule has 2 aliphatic rings. The molecule has 1 aliphatic heterocycles. The maximum absolute atomic E-state index is 12.2. The third-order valence-corrected chi connectivity index (χ3v) is 4.11. The molecule has 1 unspecified atom stereocenters. The highest BCUT2D eigenvalue weighted by molar-refractivity contribution is 5.96. The Morgan fingerprint density at radius 3 is 2.78 bits per heavy atom. The van der Waals surface area contributed by atoms with E-state index in [2.05, 4.69) is 12.1 Å². The normalized spacial score (nSPS) is 22.8. The van der Waals surface area contributed by atoms with E-state index < -0.39 is 0 Å². The molecule has 1 aromatic rings. The van der Waals surface area contributed by atoms with Gasteiger partial charge in [0.25, 0.3) is 0 Å². The van der Waals surface area contributed by atoms with Gasteiger partial charge < -0.3 is 4.74 Å². The third-order valence-electron chi connectivity index (χ3n) is 4.11. The van der Waals surface area contributed by atoms with Crippen LogP contribution in [0.4, 0.5) is 0 Å². The van der Waals surface area contributed by atoms with Crippen molar-refractivity contribution in [1.82, 2.24) is 0 Å². The lowest BCUT2D eigenvalue weighted by Crippen LogP contribution is -2.13. The van der Waals surface area contributed by atoms with E-state index in [9.17, 15) is 4.79 Å². The topological polar surface area (TPSA) is 26.3 Å². The van der Waals surface area contributed by atoms with Gasteiger partial charge in [0.05, 0.1) is 6.10 Å². The smallest absolute Gasteiger partial charge is 0.165 e. The molecule has 0 N–H and O–H groups in total. The van der Waals surface area contributed by atoms with E-state index in [0.29, 0.717) is 6.42 Å². The zero-order chi connectivity index (χ0) is 12.4. The second-order valence-electron chi connectivity index (χ2n) is 5.45. The number of ether oxygens (including phenoxy) is 1. The van der Waals surface area contributed by atoms with Crippen LogP contribution in [0.3, 0.4) is 0 Å².